The number of hydrogen-bond acceptors (Lipinski definition) is 4. The van der Waals surface area contributed by atoms with Gasteiger partial charge in [0.1, 0.15) is 0 Å². The molecule has 3 aromatic rings. The summed E-state index contributed by atoms with van der Waals surface area (Å²) >= 11 is 0. The van der Waals surface area contributed by atoms with E-state index in [0.717, 1.165) is 42.8 Å². The van der Waals surface area contributed by atoms with Crippen LogP contribution in [0.1, 0.15) is 65.0 Å². The highest BCUT2D eigenvalue weighted by molar-refractivity contribution is 5.30. The molecule has 0 amide bonds. The lowest BCUT2D eigenvalue weighted by Gasteiger charge is -2.42. The minimum atomic E-state index is 0.0601. The first-order chi connectivity index (χ1) is 14.2. The van der Waals surface area contributed by atoms with Gasteiger partial charge in [-0.1, -0.05) is 36.4 Å². The van der Waals surface area contributed by atoms with E-state index in [4.69, 9.17) is 9.97 Å². The summed E-state index contributed by atoms with van der Waals surface area (Å²) in [5.74, 6) is 0. The zero-order valence-electron chi connectivity index (χ0n) is 17.3. The lowest BCUT2D eigenvalue weighted by atomic mass is 9.88. The van der Waals surface area contributed by atoms with Crippen LogP contribution in [0.4, 0.5) is 0 Å². The highest BCUT2D eigenvalue weighted by Crippen LogP contribution is 2.43. The molecule has 0 radical (unpaired) electrons. The van der Waals surface area contributed by atoms with E-state index in [1.165, 1.54) is 16.7 Å². The van der Waals surface area contributed by atoms with Crippen LogP contribution in [0.15, 0.2) is 60.9 Å². The van der Waals surface area contributed by atoms with Crippen LogP contribution in [0.3, 0.4) is 0 Å². The van der Waals surface area contributed by atoms with Crippen molar-refractivity contribution < 1.29 is 5.11 Å². The molecule has 0 spiro atoms. The number of aryl methyl sites for hydroxylation is 2. The van der Waals surface area contributed by atoms with Crippen LogP contribution in [0.25, 0.3) is 0 Å². The largest absolute Gasteiger partial charge is 0.392 e. The topological polar surface area (TPSA) is 49.2 Å². The smallest absolute Gasteiger partial charge is 0.0685 e. The predicted octanol–water partition coefficient (Wildman–Crippen LogP) is 5.05. The Bertz CT molecular complexity index is 918. The third-order valence-corrected chi connectivity index (χ3v) is 6.13. The fraction of sp³-hybridized carbons (Fsp3) is 0.360. The lowest BCUT2D eigenvalue weighted by molar-refractivity contribution is 0.0672. The number of piperidine rings is 1. The summed E-state index contributed by atoms with van der Waals surface area (Å²) in [5, 5.41) is 9.86. The van der Waals surface area contributed by atoms with Gasteiger partial charge in [0.05, 0.1) is 30.1 Å². The van der Waals surface area contributed by atoms with Gasteiger partial charge < -0.3 is 5.11 Å². The van der Waals surface area contributed by atoms with Crippen LogP contribution in [0.2, 0.25) is 0 Å². The maximum absolute atomic E-state index is 9.86. The second-order valence-electron chi connectivity index (χ2n) is 7.97. The Hall–Kier alpha value is -2.56. The van der Waals surface area contributed by atoms with E-state index in [-0.39, 0.29) is 18.7 Å². The number of benzene rings is 1. The lowest BCUT2D eigenvalue weighted by Crippen LogP contribution is -2.37. The van der Waals surface area contributed by atoms with E-state index in [2.05, 4.69) is 43.0 Å². The van der Waals surface area contributed by atoms with Crippen molar-refractivity contribution in [3.63, 3.8) is 0 Å². The summed E-state index contributed by atoms with van der Waals surface area (Å²) < 4.78 is 0. The molecule has 1 aliphatic heterocycles. The Kier molecular flexibility index (Phi) is 6.02. The van der Waals surface area contributed by atoms with Crippen LogP contribution < -0.4 is 0 Å². The average molecular weight is 388 g/mol. The van der Waals surface area contributed by atoms with Crippen molar-refractivity contribution in [2.24, 2.45) is 0 Å². The van der Waals surface area contributed by atoms with Crippen LogP contribution >= 0.6 is 0 Å². The van der Waals surface area contributed by atoms with Crippen LogP contribution in [0.5, 0.6) is 0 Å². The average Bonchev–Trinajstić information content (AvgIpc) is 2.75. The third-order valence-electron chi connectivity index (χ3n) is 6.13. The molecule has 4 rings (SSSR count). The van der Waals surface area contributed by atoms with E-state index in [1.54, 1.807) is 0 Å². The van der Waals surface area contributed by atoms with Gasteiger partial charge in [0, 0.05) is 18.9 Å². The summed E-state index contributed by atoms with van der Waals surface area (Å²) in [6, 6.07) is 17.0. The van der Waals surface area contributed by atoms with Crippen molar-refractivity contribution in [1.29, 1.82) is 0 Å². The zero-order chi connectivity index (χ0) is 20.2. The molecule has 1 aromatic carbocycles. The Balaban J connectivity index is 1.78. The molecule has 4 heteroatoms. The SMILES string of the molecule is Cc1cccnc1[C@H]1CCC[C@@H](c2ncccc2C)N1Cc1ccccc1CO. The molecule has 0 saturated carbocycles. The molecule has 2 aromatic heterocycles. The molecule has 1 fully saturated rings. The second kappa shape index (κ2) is 8.85. The fourth-order valence-corrected chi connectivity index (χ4v) is 4.62. The van der Waals surface area contributed by atoms with Gasteiger partial charge in [0.2, 0.25) is 0 Å². The van der Waals surface area contributed by atoms with Crippen molar-refractivity contribution in [3.8, 4) is 0 Å². The summed E-state index contributed by atoms with van der Waals surface area (Å²) in [6.07, 6.45) is 7.12. The van der Waals surface area contributed by atoms with Gasteiger partial charge in [-0.15, -0.1) is 0 Å². The van der Waals surface area contributed by atoms with Crippen molar-refractivity contribution in [2.75, 3.05) is 0 Å². The quantitative estimate of drug-likeness (QED) is 0.665. The Labute approximate surface area is 173 Å². The number of aromatic nitrogens is 2. The fourth-order valence-electron chi connectivity index (χ4n) is 4.62. The van der Waals surface area contributed by atoms with Gasteiger partial charge in [-0.3, -0.25) is 14.9 Å². The molecular weight excluding hydrogens is 358 g/mol. The number of nitrogens with zero attached hydrogens (tertiary/aromatic N) is 3. The van der Waals surface area contributed by atoms with Crippen LogP contribution in [-0.4, -0.2) is 20.0 Å². The van der Waals surface area contributed by atoms with Crippen molar-refractivity contribution in [2.45, 2.75) is 58.3 Å². The van der Waals surface area contributed by atoms with Crippen molar-refractivity contribution in [1.82, 2.24) is 14.9 Å². The monoisotopic (exact) mass is 387 g/mol. The Morgan fingerprint density at radius 3 is 1.90 bits per heavy atom. The normalized spacial score (nSPS) is 20.0. The maximum atomic E-state index is 9.86. The van der Waals surface area contributed by atoms with E-state index in [1.807, 2.05) is 36.7 Å². The third kappa shape index (κ3) is 4.09. The predicted molar refractivity (Wildman–Crippen MR) is 115 cm³/mol. The molecule has 1 aliphatic rings. The van der Waals surface area contributed by atoms with Gasteiger partial charge in [-0.25, -0.2) is 0 Å². The number of pyridine rings is 2. The van der Waals surface area contributed by atoms with E-state index in [0.29, 0.717) is 0 Å². The first-order valence-corrected chi connectivity index (χ1v) is 10.5. The van der Waals surface area contributed by atoms with Crippen LogP contribution in [-0.2, 0) is 13.2 Å². The highest BCUT2D eigenvalue weighted by Gasteiger charge is 2.35. The molecule has 0 bridgehead atoms. The van der Waals surface area contributed by atoms with E-state index < -0.39 is 0 Å². The number of hydrogen-bond donors (Lipinski definition) is 1. The van der Waals surface area contributed by atoms with Gasteiger partial charge in [-0.2, -0.15) is 0 Å². The van der Waals surface area contributed by atoms with E-state index >= 15 is 0 Å². The zero-order valence-corrected chi connectivity index (χ0v) is 17.3. The highest BCUT2D eigenvalue weighted by atomic mass is 16.3. The van der Waals surface area contributed by atoms with Gasteiger partial charge in [0.25, 0.3) is 0 Å². The molecule has 0 unspecified atom stereocenters. The summed E-state index contributed by atoms with van der Waals surface area (Å²) in [4.78, 5) is 12.1. The van der Waals surface area contributed by atoms with Gasteiger partial charge in [0.15, 0.2) is 0 Å². The molecule has 1 saturated heterocycles. The first kappa shape index (κ1) is 19.7. The minimum Gasteiger partial charge on any atom is -0.392 e. The Morgan fingerprint density at radius 1 is 0.828 bits per heavy atom. The molecule has 1 N–H and O–H groups in total. The number of aliphatic hydroxyl groups is 1. The molecule has 4 nitrogen and oxygen atoms in total. The van der Waals surface area contributed by atoms with Gasteiger partial charge in [-0.05, 0) is 67.5 Å². The second-order valence-corrected chi connectivity index (χ2v) is 7.97. The molecular formula is C25H29N3O. The standard InChI is InChI=1S/C25H29N3O/c1-18-8-6-14-26-24(18)22-12-5-13-23(25-19(2)9-7-15-27-25)28(22)16-20-10-3-4-11-21(20)17-29/h3-4,6-11,14-15,22-23,29H,5,12-13,16-17H2,1-2H3/t22-,23+. The molecule has 150 valence electrons. The molecule has 0 aliphatic carbocycles. The Morgan fingerprint density at radius 2 is 1.38 bits per heavy atom. The summed E-state index contributed by atoms with van der Waals surface area (Å²) in [6.45, 7) is 5.14. The number of rotatable bonds is 5. The maximum Gasteiger partial charge on any atom is 0.0685 e. The van der Waals surface area contributed by atoms with Crippen LogP contribution in [0, 0.1) is 13.8 Å². The number of likely N-dealkylation sites (tertiary alicyclic amines) is 1. The minimum absolute atomic E-state index is 0.0601. The number of aliphatic hydroxyl groups excluding tert-OH is 1. The molecule has 3 heterocycles. The molecule has 2 atom stereocenters. The van der Waals surface area contributed by atoms with Gasteiger partial charge >= 0.3 is 0 Å². The summed E-state index contributed by atoms with van der Waals surface area (Å²) in [5.41, 5.74) is 6.95. The summed E-state index contributed by atoms with van der Waals surface area (Å²) in [7, 11) is 0. The molecule has 29 heavy (non-hydrogen) atoms. The van der Waals surface area contributed by atoms with Crippen molar-refractivity contribution in [3.05, 3.63) is 94.6 Å². The first-order valence-electron chi connectivity index (χ1n) is 10.5. The van der Waals surface area contributed by atoms with E-state index in [9.17, 15) is 5.11 Å². The van der Waals surface area contributed by atoms with Crippen molar-refractivity contribution >= 4 is 0 Å².